The van der Waals surface area contributed by atoms with Gasteiger partial charge in [-0.05, 0) is 12.7 Å². The van der Waals surface area contributed by atoms with Crippen LogP contribution in [-0.4, -0.2) is 5.16 Å². The fourth-order valence-corrected chi connectivity index (χ4v) is 0.437. The molecule has 0 fully saturated rings. The third kappa shape index (κ3) is 1.75. The predicted molar refractivity (Wildman–Crippen MR) is 24.8 cm³/mol. The average molecular weight is 161 g/mol. The predicted octanol–water partition coefficient (Wildman–Crippen LogP) is 1.09. The van der Waals surface area contributed by atoms with Gasteiger partial charge < -0.3 is 10.6 Å². The van der Waals surface area contributed by atoms with Crippen LogP contribution >= 0.6 is 0 Å². The van der Waals surface area contributed by atoms with Gasteiger partial charge in [0.15, 0.2) is 0 Å². The van der Waals surface area contributed by atoms with Crippen molar-refractivity contribution < 1.29 is 24.0 Å². The second-order valence-corrected chi connectivity index (χ2v) is 1.45. The van der Waals surface area contributed by atoms with Gasteiger partial charge in [0.2, 0.25) is 0 Å². The molecule has 1 heterocycles. The zero-order chi connectivity index (χ0) is 5.28. The van der Waals surface area contributed by atoms with Crippen molar-refractivity contribution in [3.63, 3.8) is 0 Å². The Labute approximate surface area is 61.0 Å². The molecule has 0 spiro atoms. The molecular formula is C5H6NOZn-. The topological polar surface area (TPSA) is 26.0 Å². The van der Waals surface area contributed by atoms with Gasteiger partial charge in [-0.1, -0.05) is 12.6 Å². The van der Waals surface area contributed by atoms with Gasteiger partial charge in [0.05, 0.1) is 0 Å². The Morgan fingerprint density at radius 2 is 2.12 bits per heavy atom. The Morgan fingerprint density at radius 3 is 2.25 bits per heavy atom. The first-order valence-corrected chi connectivity index (χ1v) is 2.11. The molecule has 3 heteroatoms. The maximum atomic E-state index is 4.66. The summed E-state index contributed by atoms with van der Waals surface area (Å²) in [7, 11) is 0. The van der Waals surface area contributed by atoms with E-state index in [4.69, 9.17) is 0 Å². The third-order valence-corrected chi connectivity index (χ3v) is 0.676. The molecule has 0 unspecified atom stereocenters. The van der Waals surface area contributed by atoms with Crippen LogP contribution in [0.15, 0.2) is 4.52 Å². The first-order chi connectivity index (χ1) is 3.29. The first kappa shape index (κ1) is 7.83. The molecule has 40 valence electrons. The van der Waals surface area contributed by atoms with E-state index in [9.17, 15) is 0 Å². The molecule has 0 aliphatic heterocycles. The van der Waals surface area contributed by atoms with Crippen LogP contribution in [-0.2, 0) is 19.5 Å². The summed E-state index contributed by atoms with van der Waals surface area (Å²) in [4.78, 5) is 0. The summed E-state index contributed by atoms with van der Waals surface area (Å²) >= 11 is 0. The normalized spacial score (nSPS) is 8.25. The van der Waals surface area contributed by atoms with E-state index in [0.717, 1.165) is 11.5 Å². The molecule has 0 N–H and O–H groups in total. The summed E-state index contributed by atoms with van der Waals surface area (Å²) in [5.74, 6) is 0.748. The van der Waals surface area contributed by atoms with E-state index in [1.807, 2.05) is 13.8 Å². The molecule has 0 aliphatic rings. The van der Waals surface area contributed by atoms with Crippen molar-refractivity contribution in [1.82, 2.24) is 5.16 Å². The molecule has 1 aromatic heterocycles. The molecule has 0 saturated heterocycles. The Morgan fingerprint density at radius 1 is 1.50 bits per heavy atom. The monoisotopic (exact) mass is 160 g/mol. The molecule has 1 aromatic rings. The van der Waals surface area contributed by atoms with E-state index >= 15 is 0 Å². The van der Waals surface area contributed by atoms with Gasteiger partial charge in [-0.25, -0.2) is 0 Å². The first-order valence-electron chi connectivity index (χ1n) is 2.11. The van der Waals surface area contributed by atoms with E-state index in [1.54, 1.807) is 0 Å². The van der Waals surface area contributed by atoms with Crippen LogP contribution in [0.5, 0.6) is 0 Å². The van der Waals surface area contributed by atoms with Crippen LogP contribution in [0.4, 0.5) is 0 Å². The van der Waals surface area contributed by atoms with Crippen LogP contribution in [0.1, 0.15) is 11.5 Å². The summed E-state index contributed by atoms with van der Waals surface area (Å²) in [5, 5.41) is 3.59. The molecular weight excluding hydrogens is 155 g/mol. The summed E-state index contributed by atoms with van der Waals surface area (Å²) in [6.07, 6.45) is 0. The van der Waals surface area contributed by atoms with E-state index in [0.29, 0.717) is 0 Å². The van der Waals surface area contributed by atoms with Gasteiger partial charge >= 0.3 is 0 Å². The fourth-order valence-electron chi connectivity index (χ4n) is 0.437. The van der Waals surface area contributed by atoms with Crippen molar-refractivity contribution in [1.29, 1.82) is 0 Å². The molecule has 1 rings (SSSR count). The SMILES string of the molecule is Cc1[c-]c(C)on1.[Zn]. The van der Waals surface area contributed by atoms with Crippen molar-refractivity contribution >= 4 is 0 Å². The van der Waals surface area contributed by atoms with Crippen LogP contribution in [0.2, 0.25) is 0 Å². The summed E-state index contributed by atoms with van der Waals surface area (Å²) in [6, 6.07) is 2.86. The number of aromatic nitrogens is 1. The molecule has 0 bridgehead atoms. The van der Waals surface area contributed by atoms with Crippen LogP contribution in [0.3, 0.4) is 0 Å². The molecule has 2 nitrogen and oxygen atoms in total. The maximum absolute atomic E-state index is 4.66. The van der Waals surface area contributed by atoms with Crippen molar-refractivity contribution in [2.75, 3.05) is 0 Å². The van der Waals surface area contributed by atoms with E-state index in [2.05, 4.69) is 15.7 Å². The van der Waals surface area contributed by atoms with Crippen molar-refractivity contribution in [3.8, 4) is 0 Å². The quantitative estimate of drug-likeness (QED) is 0.421. The number of rotatable bonds is 0. The Bertz CT molecular complexity index is 145. The van der Waals surface area contributed by atoms with Crippen molar-refractivity contribution in [3.05, 3.63) is 17.5 Å². The average Bonchev–Trinajstić information content (AvgIpc) is 1.87. The second kappa shape index (κ2) is 2.98. The molecule has 8 heavy (non-hydrogen) atoms. The van der Waals surface area contributed by atoms with Crippen LogP contribution in [0, 0.1) is 19.9 Å². The van der Waals surface area contributed by atoms with E-state index in [-0.39, 0.29) is 19.5 Å². The maximum Gasteiger partial charge on any atom is 0 e. The minimum absolute atomic E-state index is 0. The van der Waals surface area contributed by atoms with Gasteiger partial charge in [0.1, 0.15) is 0 Å². The minimum Gasteiger partial charge on any atom is -0.403 e. The molecule has 0 aromatic carbocycles. The molecule has 0 radical (unpaired) electrons. The van der Waals surface area contributed by atoms with Crippen molar-refractivity contribution in [2.45, 2.75) is 13.8 Å². The molecule has 0 amide bonds. The smallest absolute Gasteiger partial charge is 0 e. The van der Waals surface area contributed by atoms with Gasteiger partial charge in [-0.15, -0.1) is 5.16 Å². The number of nitrogens with zero attached hydrogens (tertiary/aromatic N) is 1. The third-order valence-electron chi connectivity index (χ3n) is 0.676. The summed E-state index contributed by atoms with van der Waals surface area (Å²) in [6.45, 7) is 3.66. The van der Waals surface area contributed by atoms with Gasteiger partial charge in [0, 0.05) is 19.5 Å². The number of hydrogen-bond acceptors (Lipinski definition) is 2. The molecule has 0 aliphatic carbocycles. The van der Waals surface area contributed by atoms with E-state index in [1.165, 1.54) is 0 Å². The zero-order valence-electron chi connectivity index (χ0n) is 5.06. The number of aryl methyl sites for hydroxylation is 2. The second-order valence-electron chi connectivity index (χ2n) is 1.45. The number of hydrogen-bond donors (Lipinski definition) is 0. The zero-order valence-corrected chi connectivity index (χ0v) is 8.03. The van der Waals surface area contributed by atoms with Crippen molar-refractivity contribution in [2.24, 2.45) is 0 Å². The fraction of sp³-hybridized carbons (Fsp3) is 0.400. The summed E-state index contributed by atoms with van der Waals surface area (Å²) < 4.78 is 4.66. The summed E-state index contributed by atoms with van der Waals surface area (Å²) in [5.41, 5.74) is 0.817. The van der Waals surface area contributed by atoms with Gasteiger partial charge in [0.25, 0.3) is 0 Å². The van der Waals surface area contributed by atoms with E-state index < -0.39 is 0 Å². The van der Waals surface area contributed by atoms with Crippen LogP contribution in [0.25, 0.3) is 0 Å². The van der Waals surface area contributed by atoms with Crippen LogP contribution < -0.4 is 0 Å². The Hall–Kier alpha value is -0.167. The van der Waals surface area contributed by atoms with Gasteiger partial charge in [-0.2, -0.15) is 0 Å². The Kier molecular flexibility index (Phi) is 2.92. The minimum atomic E-state index is 0. The van der Waals surface area contributed by atoms with Gasteiger partial charge in [-0.3, -0.25) is 0 Å². The largest absolute Gasteiger partial charge is 0.403 e. The molecule has 0 atom stereocenters. The standard InChI is InChI=1S/C5H6NO.Zn/c1-4-3-5(2)7-6-4;/h1-2H3;/q-1;. The Balaban J connectivity index is 0.000000490. The molecule has 0 saturated carbocycles.